The number of alkyl halides is 3. The summed E-state index contributed by atoms with van der Waals surface area (Å²) in [4.78, 5) is 30.9. The standard InChI is InChI=1S/C24H21F4N7O2S.C7H12FN/c1-37-23-32-17-14(20(33-23)34-7-9-2-3-10(8-34)30-9)21(36)35(13-6-24(13,27)28)18(15(17)26)11-4-5-12(25)19-16(11)31-22(29)38-19;8-6-4-7-2-1-3-9(7)5-6/h4-5,9-10,13,30H,2-3,6-8H2,1H3,(H2,29,31);6-7H,1-5H2. The number of thiazole rings is 1. The molecule has 0 spiro atoms. The molecule has 9 rings (SSSR count). The number of rotatable bonds is 4. The number of halogens is 5. The number of methoxy groups -OCH3 is 1. The number of ether oxygens (including phenoxy) is 1. The number of nitrogen functional groups attached to an aromatic ring is 1. The van der Waals surface area contributed by atoms with Crippen molar-refractivity contribution in [3.05, 3.63) is 34.1 Å². The summed E-state index contributed by atoms with van der Waals surface area (Å²) in [6.07, 6.45) is 4.05. The maximum absolute atomic E-state index is 16.6. The summed E-state index contributed by atoms with van der Waals surface area (Å²) in [6, 6.07) is 1.46. The van der Waals surface area contributed by atoms with Crippen LogP contribution in [0.3, 0.4) is 0 Å². The van der Waals surface area contributed by atoms with E-state index in [9.17, 15) is 22.4 Å². The zero-order valence-corrected chi connectivity index (χ0v) is 26.3. The van der Waals surface area contributed by atoms with Gasteiger partial charge in [0, 0.05) is 49.7 Å². The number of pyridine rings is 1. The first kappa shape index (κ1) is 30.7. The lowest BCUT2D eigenvalue weighted by Crippen LogP contribution is -2.51. The van der Waals surface area contributed by atoms with Gasteiger partial charge in [0.15, 0.2) is 10.9 Å². The predicted octanol–water partition coefficient (Wildman–Crippen LogP) is 4.65. The zero-order valence-electron chi connectivity index (χ0n) is 25.5. The third-order valence-electron chi connectivity index (χ3n) is 9.99. The lowest BCUT2D eigenvalue weighted by molar-refractivity contribution is 0.100. The Balaban J connectivity index is 0.000000309. The first-order valence-corrected chi connectivity index (χ1v) is 16.7. The maximum atomic E-state index is 16.6. The van der Waals surface area contributed by atoms with Gasteiger partial charge in [-0.15, -0.1) is 0 Å². The van der Waals surface area contributed by atoms with Crippen LogP contribution >= 0.6 is 11.3 Å². The van der Waals surface area contributed by atoms with E-state index in [-0.39, 0.29) is 55.7 Å². The molecule has 3 N–H and O–H groups in total. The van der Waals surface area contributed by atoms with Crippen LogP contribution in [-0.2, 0) is 0 Å². The van der Waals surface area contributed by atoms with E-state index in [1.807, 2.05) is 4.90 Å². The number of nitrogens with two attached hydrogens (primary N) is 1. The van der Waals surface area contributed by atoms with Crippen LogP contribution in [0.5, 0.6) is 6.01 Å². The first-order chi connectivity index (χ1) is 22.5. The van der Waals surface area contributed by atoms with E-state index < -0.39 is 47.4 Å². The molecule has 0 radical (unpaired) electrons. The fraction of sp³-hybridized carbons (Fsp3) is 0.548. The Morgan fingerprint density at radius 2 is 1.81 bits per heavy atom. The molecule has 3 aromatic heterocycles. The maximum Gasteiger partial charge on any atom is 0.318 e. The molecule has 4 aromatic rings. The lowest BCUT2D eigenvalue weighted by Gasteiger charge is -2.34. The second-order valence-corrected chi connectivity index (χ2v) is 14.1. The van der Waals surface area contributed by atoms with Crippen LogP contribution in [0, 0.1) is 11.6 Å². The van der Waals surface area contributed by atoms with Gasteiger partial charge < -0.3 is 20.7 Å². The molecule has 1 aliphatic carbocycles. The number of aromatic nitrogens is 4. The van der Waals surface area contributed by atoms with Crippen molar-refractivity contribution < 1.29 is 26.7 Å². The molecule has 2 bridgehead atoms. The Labute approximate surface area is 269 Å². The second kappa shape index (κ2) is 11.2. The number of benzene rings is 1. The molecule has 16 heteroatoms. The predicted molar refractivity (Wildman–Crippen MR) is 168 cm³/mol. The molecule has 10 nitrogen and oxygen atoms in total. The van der Waals surface area contributed by atoms with Gasteiger partial charge in [-0.2, -0.15) is 9.97 Å². The zero-order chi connectivity index (χ0) is 32.8. The smallest absolute Gasteiger partial charge is 0.318 e. The number of anilines is 2. The van der Waals surface area contributed by atoms with Crippen molar-refractivity contribution in [2.24, 2.45) is 0 Å². The van der Waals surface area contributed by atoms with Crippen LogP contribution in [0.15, 0.2) is 16.9 Å². The largest absolute Gasteiger partial charge is 0.467 e. The van der Waals surface area contributed by atoms with Crippen LogP contribution in [0.1, 0.15) is 44.6 Å². The molecule has 1 aromatic carbocycles. The molecule has 4 aliphatic heterocycles. The van der Waals surface area contributed by atoms with Gasteiger partial charge in [0.2, 0.25) is 0 Å². The van der Waals surface area contributed by atoms with Gasteiger partial charge in [-0.05, 0) is 50.8 Å². The van der Waals surface area contributed by atoms with Gasteiger partial charge in [-0.3, -0.25) is 14.3 Å². The number of hydrogen-bond donors (Lipinski definition) is 2. The number of piperazine rings is 1. The SMILES string of the molecule is COc1nc(N2CC3CCC(C2)N3)c2c(=O)n(C3CC3(F)F)c(-c3ccc(F)c4sc(N)nc34)c(F)c2n1.FC1CC2CCCN2C1. The van der Waals surface area contributed by atoms with E-state index in [4.69, 9.17) is 10.5 Å². The number of nitrogens with one attached hydrogen (secondary N) is 1. The lowest BCUT2D eigenvalue weighted by atomic mass is 10.1. The van der Waals surface area contributed by atoms with Crippen LogP contribution in [0.4, 0.5) is 32.9 Å². The summed E-state index contributed by atoms with van der Waals surface area (Å²) in [7, 11) is 1.32. The highest BCUT2D eigenvalue weighted by molar-refractivity contribution is 7.22. The molecule has 5 aliphatic rings. The van der Waals surface area contributed by atoms with Gasteiger partial charge in [-0.25, -0.2) is 26.9 Å². The molecule has 0 amide bonds. The molecular weight excluding hydrogens is 643 g/mol. The van der Waals surface area contributed by atoms with E-state index in [1.165, 1.54) is 26.0 Å². The van der Waals surface area contributed by atoms with E-state index in [0.717, 1.165) is 47.8 Å². The molecule has 7 heterocycles. The summed E-state index contributed by atoms with van der Waals surface area (Å²) in [6.45, 7) is 2.87. The summed E-state index contributed by atoms with van der Waals surface area (Å²) >= 11 is 0.840. The van der Waals surface area contributed by atoms with Gasteiger partial charge in [-0.1, -0.05) is 11.3 Å². The Bertz CT molecular complexity index is 1930. The van der Waals surface area contributed by atoms with Crippen molar-refractivity contribution in [2.45, 2.75) is 74.8 Å². The van der Waals surface area contributed by atoms with Crippen LogP contribution in [0.25, 0.3) is 32.4 Å². The average Bonchev–Trinajstić information content (AvgIpc) is 3.54. The Hall–Kier alpha value is -3.63. The minimum Gasteiger partial charge on any atom is -0.467 e. The molecule has 5 fully saturated rings. The van der Waals surface area contributed by atoms with E-state index in [1.54, 1.807) is 0 Å². The molecule has 4 saturated heterocycles. The third kappa shape index (κ3) is 5.19. The number of fused-ring (bicyclic) bond motifs is 5. The van der Waals surface area contributed by atoms with E-state index >= 15 is 4.39 Å². The van der Waals surface area contributed by atoms with Gasteiger partial charge in [0.25, 0.3) is 11.5 Å². The Kier molecular flexibility index (Phi) is 7.33. The summed E-state index contributed by atoms with van der Waals surface area (Å²) in [5.74, 6) is -4.76. The van der Waals surface area contributed by atoms with Gasteiger partial charge >= 0.3 is 6.01 Å². The van der Waals surface area contributed by atoms with Gasteiger partial charge in [0.1, 0.15) is 34.8 Å². The minimum absolute atomic E-state index is 0.0119. The summed E-state index contributed by atoms with van der Waals surface area (Å²) in [5.41, 5.74) is 4.06. The van der Waals surface area contributed by atoms with Crippen molar-refractivity contribution >= 4 is 43.4 Å². The fourth-order valence-corrected chi connectivity index (χ4v) is 8.51. The Morgan fingerprint density at radius 3 is 2.49 bits per heavy atom. The third-order valence-corrected chi connectivity index (χ3v) is 10.9. The van der Waals surface area contributed by atoms with E-state index in [0.29, 0.717) is 25.7 Å². The highest BCUT2D eigenvalue weighted by Crippen LogP contribution is 2.54. The summed E-state index contributed by atoms with van der Waals surface area (Å²) in [5, 5.41) is 3.29. The second-order valence-electron chi connectivity index (χ2n) is 13.1. The molecule has 250 valence electrons. The van der Waals surface area contributed by atoms with Crippen LogP contribution in [-0.4, -0.2) is 87.9 Å². The molecule has 1 saturated carbocycles. The molecule has 5 unspecified atom stereocenters. The average molecular weight is 677 g/mol. The van der Waals surface area contributed by atoms with Crippen molar-refractivity contribution in [2.75, 3.05) is 43.9 Å². The molecule has 5 atom stereocenters. The van der Waals surface area contributed by atoms with Crippen molar-refractivity contribution in [3.8, 4) is 17.3 Å². The van der Waals surface area contributed by atoms with Gasteiger partial charge in [0.05, 0.1) is 23.0 Å². The number of hydrogen-bond acceptors (Lipinski definition) is 10. The highest BCUT2D eigenvalue weighted by atomic mass is 32.1. The quantitative estimate of drug-likeness (QED) is 0.298. The van der Waals surface area contributed by atoms with Crippen molar-refractivity contribution in [3.63, 3.8) is 0 Å². The minimum atomic E-state index is -3.22. The van der Waals surface area contributed by atoms with E-state index in [2.05, 4.69) is 25.2 Å². The monoisotopic (exact) mass is 676 g/mol. The Morgan fingerprint density at radius 1 is 1.06 bits per heavy atom. The summed E-state index contributed by atoms with van der Waals surface area (Å²) < 4.78 is 78.8. The van der Waals surface area contributed by atoms with Crippen molar-refractivity contribution in [1.82, 2.24) is 29.7 Å². The normalized spacial score (nSPS) is 27.7. The topological polar surface area (TPSA) is 114 Å². The fourth-order valence-electron chi connectivity index (χ4n) is 7.75. The highest BCUT2D eigenvalue weighted by Gasteiger charge is 2.60. The molecular formula is C31H33F5N8O2S. The van der Waals surface area contributed by atoms with Crippen LogP contribution < -0.4 is 26.2 Å². The van der Waals surface area contributed by atoms with Crippen molar-refractivity contribution in [1.29, 1.82) is 0 Å². The van der Waals surface area contributed by atoms with Crippen LogP contribution in [0.2, 0.25) is 0 Å². The molecule has 47 heavy (non-hydrogen) atoms. The first-order valence-electron chi connectivity index (χ1n) is 15.8. The number of nitrogens with zero attached hydrogens (tertiary/aromatic N) is 6.